The van der Waals surface area contributed by atoms with E-state index in [1.165, 1.54) is 45.6 Å². The largest absolute Gasteiger partial charge is 0.453 e. The molecule has 3 aliphatic rings. The van der Waals surface area contributed by atoms with Crippen molar-refractivity contribution in [2.45, 2.75) is 102 Å². The molecule has 3 atom stereocenters. The Morgan fingerprint density at radius 3 is 2.34 bits per heavy atom. The molecule has 2 bridgehead atoms. The molecule has 0 aromatic heterocycles. The zero-order valence-corrected chi connectivity index (χ0v) is 24.6. The third kappa shape index (κ3) is 7.98. The minimum atomic E-state index is -0.607. The first-order valence-corrected chi connectivity index (χ1v) is 13.6. The van der Waals surface area contributed by atoms with Crippen molar-refractivity contribution in [1.82, 2.24) is 10.2 Å². The first-order valence-electron chi connectivity index (χ1n) is 13.6. The highest BCUT2D eigenvalue weighted by Crippen LogP contribution is 2.35. The average Bonchev–Trinajstić information content (AvgIpc) is 2.82. The lowest BCUT2D eigenvalue weighted by Crippen LogP contribution is -2.55. The molecule has 0 saturated carbocycles. The Morgan fingerprint density at radius 2 is 1.74 bits per heavy atom. The maximum Gasteiger partial charge on any atom is 0.407 e. The lowest BCUT2D eigenvalue weighted by molar-refractivity contribution is -0.121. The number of ether oxygens (including phenoxy) is 1. The number of fused-ring (bicyclic) bond motifs is 3. The van der Waals surface area contributed by atoms with Gasteiger partial charge in [0.15, 0.2) is 0 Å². The number of nitrogens with two attached hydrogens (primary N) is 1. The number of benzene rings is 1. The van der Waals surface area contributed by atoms with Crippen LogP contribution in [0.1, 0.15) is 70.8 Å². The van der Waals surface area contributed by atoms with Gasteiger partial charge in [0.05, 0.1) is 19.3 Å². The van der Waals surface area contributed by atoms with Crippen LogP contribution in [0.25, 0.3) is 0 Å². The second kappa shape index (κ2) is 14.2. The lowest BCUT2D eigenvalue weighted by atomic mass is 9.80. The number of aliphatic hydroxyl groups excluding tert-OH is 1. The summed E-state index contributed by atoms with van der Waals surface area (Å²) in [5, 5.41) is 13.9. The average molecular weight is 574 g/mol. The number of rotatable bonds is 8. The fourth-order valence-electron chi connectivity index (χ4n) is 6.58. The van der Waals surface area contributed by atoms with Crippen molar-refractivity contribution in [2.24, 2.45) is 11.1 Å². The van der Waals surface area contributed by atoms with Crippen molar-refractivity contribution in [3.63, 3.8) is 0 Å². The van der Waals surface area contributed by atoms with Crippen LogP contribution in [0.4, 0.5) is 10.5 Å². The second-order valence-electron chi connectivity index (χ2n) is 11.8. The number of anilines is 1. The summed E-state index contributed by atoms with van der Waals surface area (Å²) in [5.74, 6) is -0.00364. The fourth-order valence-corrected chi connectivity index (χ4v) is 6.58. The van der Waals surface area contributed by atoms with Crippen molar-refractivity contribution in [2.75, 3.05) is 25.1 Å². The minimum absolute atomic E-state index is 0. The number of aliphatic hydroxyl groups is 1. The number of alkyl carbamates (subject to hydrolysis) is 1. The summed E-state index contributed by atoms with van der Waals surface area (Å²) in [6, 6.07) is 8.39. The first-order chi connectivity index (χ1) is 17.2. The predicted octanol–water partition coefficient (Wildman–Crippen LogP) is 4.05. The van der Waals surface area contributed by atoms with Crippen molar-refractivity contribution in [3.05, 3.63) is 29.8 Å². The van der Waals surface area contributed by atoms with Crippen LogP contribution in [-0.4, -0.2) is 72.5 Å². The van der Waals surface area contributed by atoms with E-state index in [-0.39, 0.29) is 42.2 Å². The van der Waals surface area contributed by atoms with E-state index in [2.05, 4.69) is 10.2 Å². The van der Waals surface area contributed by atoms with Gasteiger partial charge < -0.3 is 25.8 Å². The molecule has 38 heavy (non-hydrogen) atoms. The predicted molar refractivity (Wildman–Crippen MR) is 155 cm³/mol. The van der Waals surface area contributed by atoms with Crippen molar-refractivity contribution in [1.29, 1.82) is 0 Å². The van der Waals surface area contributed by atoms with Gasteiger partial charge in [-0.15, -0.1) is 24.8 Å². The summed E-state index contributed by atoms with van der Waals surface area (Å²) in [7, 11) is 1.34. The Balaban J connectivity index is 0.00000253. The standard InChI is InChI=1S/C28H44N4O4.2ClH/c1-28(2,15-23(29)25(33)18-31-21-9-6-10-22(31)12-7-11-21)16-26(34)32-17-20(30-27(35)36-3)14-19-8-4-5-13-24(19)32;;/h4-5,8,13,20-23,25,33H,6-7,9-12,14-18,29H2,1-3H3,(H,30,35);2*1H/t20?,21?,22?,23-,25-;;/m0../s1. The summed E-state index contributed by atoms with van der Waals surface area (Å²) in [5.41, 5.74) is 8.06. The van der Waals surface area contributed by atoms with E-state index >= 15 is 0 Å². The number of methoxy groups -OCH3 is 1. The molecule has 3 aliphatic heterocycles. The molecule has 4 rings (SSSR count). The topological polar surface area (TPSA) is 108 Å². The molecular formula is C28H46Cl2N4O4. The molecule has 10 heteroatoms. The number of hydrogen-bond acceptors (Lipinski definition) is 6. The molecule has 0 radical (unpaired) electrons. The zero-order valence-electron chi connectivity index (χ0n) is 22.9. The highest BCUT2D eigenvalue weighted by molar-refractivity contribution is 5.95. The SMILES string of the molecule is COC(=O)NC1Cc2ccccc2N(C(=O)CC(C)(C)C[C@H](N)[C@@H](O)CN2C3CCCC2CCC3)C1.Cl.Cl. The third-order valence-electron chi connectivity index (χ3n) is 8.36. The smallest absolute Gasteiger partial charge is 0.407 e. The number of halogens is 2. The fraction of sp³-hybridized carbons (Fsp3) is 0.714. The molecule has 2 saturated heterocycles. The molecule has 2 amide bonds. The lowest BCUT2D eigenvalue weighted by Gasteiger charge is -2.47. The molecule has 1 unspecified atom stereocenters. The summed E-state index contributed by atoms with van der Waals surface area (Å²) < 4.78 is 4.77. The monoisotopic (exact) mass is 572 g/mol. The van der Waals surface area contributed by atoms with E-state index in [1.54, 1.807) is 4.90 Å². The second-order valence-corrected chi connectivity index (χ2v) is 11.8. The first kappa shape index (κ1) is 32.6. The molecule has 4 N–H and O–H groups in total. The highest BCUT2D eigenvalue weighted by atomic mass is 35.5. The van der Waals surface area contributed by atoms with Gasteiger partial charge in [-0.05, 0) is 55.6 Å². The van der Waals surface area contributed by atoms with Gasteiger partial charge in [-0.25, -0.2) is 4.79 Å². The van der Waals surface area contributed by atoms with Crippen LogP contribution in [-0.2, 0) is 16.0 Å². The van der Waals surface area contributed by atoms with Crippen LogP contribution in [0, 0.1) is 5.41 Å². The summed E-state index contributed by atoms with van der Waals surface area (Å²) >= 11 is 0. The number of hydrogen-bond donors (Lipinski definition) is 3. The molecule has 1 aromatic carbocycles. The quantitative estimate of drug-likeness (QED) is 0.433. The van der Waals surface area contributed by atoms with Crippen LogP contribution < -0.4 is 16.0 Å². The Labute approximate surface area is 239 Å². The minimum Gasteiger partial charge on any atom is -0.453 e. The maximum atomic E-state index is 13.5. The van der Waals surface area contributed by atoms with Crippen LogP contribution in [0.15, 0.2) is 24.3 Å². The van der Waals surface area contributed by atoms with Gasteiger partial charge in [0, 0.05) is 43.3 Å². The molecule has 8 nitrogen and oxygen atoms in total. The Morgan fingerprint density at radius 1 is 1.13 bits per heavy atom. The number of amides is 2. The van der Waals surface area contributed by atoms with Crippen LogP contribution in [0.2, 0.25) is 0 Å². The number of carbonyl (C=O) groups excluding carboxylic acids is 2. The van der Waals surface area contributed by atoms with Crippen molar-refractivity contribution < 1.29 is 19.4 Å². The van der Waals surface area contributed by atoms with E-state index in [4.69, 9.17) is 10.5 Å². The number of carbonyl (C=O) groups is 2. The molecule has 0 aliphatic carbocycles. The van der Waals surface area contributed by atoms with Crippen LogP contribution >= 0.6 is 24.8 Å². The summed E-state index contributed by atoms with van der Waals surface area (Å²) in [4.78, 5) is 29.6. The Hall–Kier alpha value is -1.58. The van der Waals surface area contributed by atoms with Gasteiger partial charge >= 0.3 is 6.09 Å². The van der Waals surface area contributed by atoms with E-state index in [0.29, 0.717) is 44.4 Å². The molecule has 2 fully saturated rings. The molecule has 0 spiro atoms. The Bertz CT molecular complexity index is 912. The van der Waals surface area contributed by atoms with E-state index in [1.807, 2.05) is 38.1 Å². The van der Waals surface area contributed by atoms with Gasteiger partial charge in [-0.3, -0.25) is 9.69 Å². The zero-order chi connectivity index (χ0) is 25.9. The van der Waals surface area contributed by atoms with E-state index in [9.17, 15) is 14.7 Å². The summed E-state index contributed by atoms with van der Waals surface area (Å²) in [6.07, 6.45) is 7.89. The van der Waals surface area contributed by atoms with Crippen LogP contribution in [0.5, 0.6) is 0 Å². The molecule has 216 valence electrons. The van der Waals surface area contributed by atoms with Crippen molar-refractivity contribution in [3.8, 4) is 0 Å². The van der Waals surface area contributed by atoms with E-state index < -0.39 is 18.2 Å². The molecule has 1 aromatic rings. The summed E-state index contributed by atoms with van der Waals surface area (Å²) in [6.45, 7) is 5.12. The molecular weight excluding hydrogens is 527 g/mol. The number of para-hydroxylation sites is 1. The highest BCUT2D eigenvalue weighted by Gasteiger charge is 2.37. The van der Waals surface area contributed by atoms with Gasteiger partial charge in [0.1, 0.15) is 0 Å². The van der Waals surface area contributed by atoms with Gasteiger partial charge in [0.2, 0.25) is 5.91 Å². The third-order valence-corrected chi connectivity index (χ3v) is 8.36. The van der Waals surface area contributed by atoms with Gasteiger partial charge in [-0.2, -0.15) is 0 Å². The molecule has 3 heterocycles. The number of nitrogens with one attached hydrogen (secondary N) is 1. The normalized spacial score (nSPS) is 24.7. The van der Waals surface area contributed by atoms with Gasteiger partial charge in [-0.1, -0.05) is 44.9 Å². The van der Waals surface area contributed by atoms with Crippen LogP contribution in [0.3, 0.4) is 0 Å². The van der Waals surface area contributed by atoms with Crippen molar-refractivity contribution >= 4 is 42.5 Å². The number of nitrogens with zero attached hydrogens (tertiary/aromatic N) is 2. The number of piperidine rings is 2. The Kier molecular flexibility index (Phi) is 12.2. The van der Waals surface area contributed by atoms with Gasteiger partial charge in [0.25, 0.3) is 0 Å². The van der Waals surface area contributed by atoms with E-state index in [0.717, 1.165) is 11.3 Å². The maximum absolute atomic E-state index is 13.5.